The summed E-state index contributed by atoms with van der Waals surface area (Å²) < 4.78 is 13.1. The molecule has 2 rings (SSSR count). The summed E-state index contributed by atoms with van der Waals surface area (Å²) in [4.78, 5) is 6.23. The van der Waals surface area contributed by atoms with E-state index in [2.05, 4.69) is 10.3 Å². The Morgan fingerprint density at radius 1 is 1.67 bits per heavy atom. The maximum absolute atomic E-state index is 13.1. The van der Waals surface area contributed by atoms with Crippen LogP contribution in [0.15, 0.2) is 4.99 Å². The third kappa shape index (κ3) is 1.52. The summed E-state index contributed by atoms with van der Waals surface area (Å²) >= 11 is 0. The Hall–Kier alpha value is -0.800. The van der Waals surface area contributed by atoms with Crippen LogP contribution in [0.3, 0.4) is 0 Å². The Bertz CT molecular complexity index is 210. The molecule has 0 aromatic rings. The largest absolute Gasteiger partial charge is 0.353 e. The second kappa shape index (κ2) is 2.61. The van der Waals surface area contributed by atoms with Crippen molar-refractivity contribution in [1.29, 1.82) is 0 Å². The fourth-order valence-corrected chi connectivity index (χ4v) is 1.27. The lowest BCUT2D eigenvalue weighted by molar-refractivity contribution is 0.306. The van der Waals surface area contributed by atoms with Crippen LogP contribution in [0, 0.1) is 0 Å². The highest BCUT2D eigenvalue weighted by Crippen LogP contribution is 2.38. The van der Waals surface area contributed by atoms with E-state index >= 15 is 0 Å². The van der Waals surface area contributed by atoms with Crippen LogP contribution in [0.1, 0.15) is 12.8 Å². The van der Waals surface area contributed by atoms with Crippen molar-refractivity contribution in [2.45, 2.75) is 18.5 Å². The average molecular weight is 171 g/mol. The number of guanidine groups is 1. The van der Waals surface area contributed by atoms with E-state index in [4.69, 9.17) is 0 Å². The normalized spacial score (nSPS) is 25.5. The number of rotatable bonds is 2. The molecule has 0 amide bonds. The van der Waals surface area contributed by atoms with Crippen LogP contribution >= 0.6 is 0 Å². The van der Waals surface area contributed by atoms with Gasteiger partial charge >= 0.3 is 0 Å². The number of hydrogen-bond donors (Lipinski definition) is 1. The maximum Gasteiger partial charge on any atom is 0.193 e. The van der Waals surface area contributed by atoms with Crippen LogP contribution in [0.5, 0.6) is 0 Å². The topological polar surface area (TPSA) is 27.6 Å². The first kappa shape index (κ1) is 7.83. The van der Waals surface area contributed by atoms with Crippen molar-refractivity contribution in [2.24, 2.45) is 4.99 Å². The zero-order valence-corrected chi connectivity index (χ0v) is 7.31. The minimum Gasteiger partial charge on any atom is -0.353 e. The first-order valence-electron chi connectivity index (χ1n) is 4.38. The number of alkyl halides is 1. The number of nitrogens with one attached hydrogen (secondary N) is 1. The molecule has 1 aliphatic carbocycles. The summed E-state index contributed by atoms with van der Waals surface area (Å²) in [5, 5.41) is 3.03. The van der Waals surface area contributed by atoms with Gasteiger partial charge in [0.25, 0.3) is 0 Å². The molecule has 1 N–H and O–H groups in total. The predicted octanol–water partition coefficient (Wildman–Crippen LogP) is 0.379. The molecule has 3 nitrogen and oxygen atoms in total. The summed E-state index contributed by atoms with van der Waals surface area (Å²) in [5.74, 6) is 0.846. The lowest BCUT2D eigenvalue weighted by atomic mass is 10.4. The van der Waals surface area contributed by atoms with Gasteiger partial charge in [-0.05, 0) is 12.8 Å². The molecule has 1 heterocycles. The van der Waals surface area contributed by atoms with E-state index < -0.39 is 5.67 Å². The number of nitrogens with zero attached hydrogens (tertiary/aromatic N) is 2. The van der Waals surface area contributed by atoms with Gasteiger partial charge in [0.05, 0.1) is 13.1 Å². The smallest absolute Gasteiger partial charge is 0.193 e. The molecule has 1 fully saturated rings. The molecule has 68 valence electrons. The Kier molecular flexibility index (Phi) is 1.70. The third-order valence-electron chi connectivity index (χ3n) is 2.41. The molecule has 0 saturated heterocycles. The van der Waals surface area contributed by atoms with Gasteiger partial charge in [0.15, 0.2) is 5.96 Å². The molecule has 4 heteroatoms. The highest BCUT2D eigenvalue weighted by atomic mass is 19.1. The first-order valence-corrected chi connectivity index (χ1v) is 4.38. The summed E-state index contributed by atoms with van der Waals surface area (Å²) in [6.07, 6.45) is 1.41. The monoisotopic (exact) mass is 171 g/mol. The van der Waals surface area contributed by atoms with Crippen LogP contribution in [-0.4, -0.2) is 43.2 Å². The van der Waals surface area contributed by atoms with Gasteiger partial charge in [-0.25, -0.2) is 4.39 Å². The molecule has 0 aromatic heterocycles. The molecule has 0 unspecified atom stereocenters. The van der Waals surface area contributed by atoms with Crippen LogP contribution < -0.4 is 5.32 Å². The van der Waals surface area contributed by atoms with E-state index in [9.17, 15) is 4.39 Å². The van der Waals surface area contributed by atoms with Crippen molar-refractivity contribution in [3.05, 3.63) is 0 Å². The second-order valence-corrected chi connectivity index (χ2v) is 3.63. The van der Waals surface area contributed by atoms with Gasteiger partial charge in [-0.15, -0.1) is 0 Å². The maximum atomic E-state index is 13.1. The summed E-state index contributed by atoms with van der Waals surface area (Å²) in [7, 11) is 1.97. The lowest BCUT2D eigenvalue weighted by Gasteiger charge is -2.16. The molecule has 1 aliphatic heterocycles. The number of likely N-dealkylation sites (N-methyl/N-ethyl adjacent to an activating group) is 1. The Balaban J connectivity index is 1.79. The molecule has 0 bridgehead atoms. The van der Waals surface area contributed by atoms with Crippen molar-refractivity contribution in [3.63, 3.8) is 0 Å². The van der Waals surface area contributed by atoms with Crippen LogP contribution in [0.25, 0.3) is 0 Å². The highest BCUT2D eigenvalue weighted by molar-refractivity contribution is 5.81. The van der Waals surface area contributed by atoms with Crippen molar-refractivity contribution < 1.29 is 4.39 Å². The van der Waals surface area contributed by atoms with Crippen LogP contribution in [0.2, 0.25) is 0 Å². The second-order valence-electron chi connectivity index (χ2n) is 3.63. The zero-order chi connectivity index (χ0) is 8.60. The van der Waals surface area contributed by atoms with Crippen molar-refractivity contribution in [1.82, 2.24) is 10.2 Å². The minimum absolute atomic E-state index is 0.427. The molecule has 12 heavy (non-hydrogen) atoms. The minimum atomic E-state index is -0.925. The Morgan fingerprint density at radius 2 is 2.42 bits per heavy atom. The highest BCUT2D eigenvalue weighted by Gasteiger charge is 2.43. The summed E-state index contributed by atoms with van der Waals surface area (Å²) in [5.41, 5.74) is -0.925. The van der Waals surface area contributed by atoms with Gasteiger partial charge in [0.2, 0.25) is 0 Å². The summed E-state index contributed by atoms with van der Waals surface area (Å²) in [6.45, 7) is 2.20. The molecule has 0 atom stereocenters. The van der Waals surface area contributed by atoms with Gasteiger partial charge in [-0.2, -0.15) is 0 Å². The lowest BCUT2D eigenvalue weighted by Crippen LogP contribution is -2.39. The van der Waals surface area contributed by atoms with Crippen molar-refractivity contribution >= 4 is 5.96 Å². The van der Waals surface area contributed by atoms with E-state index in [0.29, 0.717) is 19.4 Å². The summed E-state index contributed by atoms with van der Waals surface area (Å²) in [6, 6.07) is 0. The number of halogens is 1. The SMILES string of the molecule is CN1CCN=C1NCC1(F)CC1. The third-order valence-corrected chi connectivity index (χ3v) is 2.41. The molecule has 2 aliphatic rings. The fraction of sp³-hybridized carbons (Fsp3) is 0.875. The predicted molar refractivity (Wildman–Crippen MR) is 46.0 cm³/mol. The van der Waals surface area contributed by atoms with E-state index in [1.165, 1.54) is 0 Å². The van der Waals surface area contributed by atoms with Gasteiger partial charge in [0, 0.05) is 13.6 Å². The molecular formula is C8H14FN3. The molecule has 1 saturated carbocycles. The Labute approximate surface area is 71.7 Å². The van der Waals surface area contributed by atoms with E-state index in [1.54, 1.807) is 0 Å². The quantitative estimate of drug-likeness (QED) is 0.650. The molecule has 0 aromatic carbocycles. The van der Waals surface area contributed by atoms with E-state index in [-0.39, 0.29) is 0 Å². The molecular weight excluding hydrogens is 157 g/mol. The van der Waals surface area contributed by atoms with Gasteiger partial charge in [-0.1, -0.05) is 0 Å². The number of hydrogen-bond acceptors (Lipinski definition) is 3. The van der Waals surface area contributed by atoms with Gasteiger partial charge in [-0.3, -0.25) is 4.99 Å². The standard InChI is InChI=1S/C8H14FN3/c1-12-5-4-10-7(12)11-6-8(9)2-3-8/h2-6H2,1H3,(H,10,11). The zero-order valence-electron chi connectivity index (χ0n) is 7.31. The van der Waals surface area contributed by atoms with Gasteiger partial charge < -0.3 is 10.2 Å². The number of aliphatic imine (C=N–C) groups is 1. The van der Waals surface area contributed by atoms with Crippen LogP contribution in [-0.2, 0) is 0 Å². The Morgan fingerprint density at radius 3 is 2.92 bits per heavy atom. The fourth-order valence-electron chi connectivity index (χ4n) is 1.27. The van der Waals surface area contributed by atoms with E-state index in [0.717, 1.165) is 19.0 Å². The van der Waals surface area contributed by atoms with Gasteiger partial charge in [0.1, 0.15) is 5.67 Å². The van der Waals surface area contributed by atoms with E-state index in [1.807, 2.05) is 11.9 Å². The molecule has 0 spiro atoms. The van der Waals surface area contributed by atoms with Crippen LogP contribution in [0.4, 0.5) is 4.39 Å². The first-order chi connectivity index (χ1) is 5.70. The average Bonchev–Trinajstić information content (AvgIpc) is 2.61. The van der Waals surface area contributed by atoms with Crippen molar-refractivity contribution in [2.75, 3.05) is 26.7 Å². The van der Waals surface area contributed by atoms with Crippen molar-refractivity contribution in [3.8, 4) is 0 Å². The molecule has 0 radical (unpaired) electrons.